The monoisotopic (exact) mass is 275 g/mol. The zero-order chi connectivity index (χ0) is 13.2. The Morgan fingerprint density at radius 3 is 3.11 bits per heavy atom. The number of nitrogens with zero attached hydrogens (tertiary/aromatic N) is 2. The number of hydrogen-bond acceptors (Lipinski definition) is 5. The van der Waals surface area contributed by atoms with Gasteiger partial charge in [-0.2, -0.15) is 16.7 Å². The molecule has 1 unspecified atom stereocenters. The Balaban J connectivity index is 1.73. The fourth-order valence-corrected chi connectivity index (χ4v) is 2.89. The minimum atomic E-state index is -0.149. The summed E-state index contributed by atoms with van der Waals surface area (Å²) in [5.41, 5.74) is 8.73. The molecule has 0 fully saturated rings. The highest BCUT2D eigenvalue weighted by Gasteiger charge is 2.31. The molecule has 0 saturated carbocycles. The van der Waals surface area contributed by atoms with E-state index in [-0.39, 0.29) is 12.0 Å². The van der Waals surface area contributed by atoms with Crippen LogP contribution in [0.15, 0.2) is 28.8 Å². The van der Waals surface area contributed by atoms with Crippen molar-refractivity contribution in [2.24, 2.45) is 5.73 Å². The van der Waals surface area contributed by atoms with Crippen LogP contribution in [0.25, 0.3) is 0 Å². The van der Waals surface area contributed by atoms with Gasteiger partial charge < -0.3 is 10.3 Å². The average Bonchev–Trinajstić information content (AvgIpc) is 2.87. The Bertz CT molecular complexity index is 569. The Morgan fingerprint density at radius 2 is 2.32 bits per heavy atom. The summed E-state index contributed by atoms with van der Waals surface area (Å²) < 4.78 is 5.30. The van der Waals surface area contributed by atoms with Crippen molar-refractivity contribution in [1.82, 2.24) is 10.1 Å². The first kappa shape index (κ1) is 12.7. The van der Waals surface area contributed by atoms with Crippen molar-refractivity contribution in [3.8, 4) is 0 Å². The number of aromatic nitrogens is 2. The maximum absolute atomic E-state index is 6.04. The predicted molar refractivity (Wildman–Crippen MR) is 76.2 cm³/mol. The molecule has 0 spiro atoms. The fourth-order valence-electron chi connectivity index (χ4n) is 2.40. The lowest BCUT2D eigenvalue weighted by Gasteiger charge is -2.27. The van der Waals surface area contributed by atoms with Crippen molar-refractivity contribution in [2.75, 3.05) is 12.0 Å². The Hall–Kier alpha value is -1.33. The molecule has 4 nitrogen and oxygen atoms in total. The van der Waals surface area contributed by atoms with E-state index >= 15 is 0 Å². The predicted octanol–water partition coefficient (Wildman–Crippen LogP) is 2.51. The van der Waals surface area contributed by atoms with Gasteiger partial charge in [0.05, 0.1) is 12.0 Å². The molecule has 2 aromatic rings. The molecule has 1 aliphatic carbocycles. The maximum Gasteiger partial charge on any atom is 0.243 e. The molecular formula is C14H17N3OS. The number of nitrogens with two attached hydrogens (primary N) is 1. The largest absolute Gasteiger partial charge is 0.338 e. The van der Waals surface area contributed by atoms with Gasteiger partial charge in [0.15, 0.2) is 5.82 Å². The SMILES string of the molecule is CSCC[C@H](N)c1nc(C2Cc3ccccc32)no1. The molecule has 0 bridgehead atoms. The fraction of sp³-hybridized carbons (Fsp3) is 0.429. The highest BCUT2D eigenvalue weighted by atomic mass is 32.2. The van der Waals surface area contributed by atoms with E-state index < -0.39 is 0 Å². The number of thioether (sulfide) groups is 1. The van der Waals surface area contributed by atoms with Crippen LogP contribution < -0.4 is 5.73 Å². The topological polar surface area (TPSA) is 64.9 Å². The quantitative estimate of drug-likeness (QED) is 0.908. The Morgan fingerprint density at radius 1 is 1.47 bits per heavy atom. The molecule has 1 heterocycles. The molecule has 1 aromatic carbocycles. The summed E-state index contributed by atoms with van der Waals surface area (Å²) in [5, 5.41) is 4.09. The van der Waals surface area contributed by atoms with Crippen LogP contribution in [0.4, 0.5) is 0 Å². The standard InChI is InChI=1S/C14H17N3OS/c1-19-7-6-12(15)14-16-13(17-18-14)11-8-9-4-2-3-5-10(9)11/h2-5,11-12H,6-8,15H2,1H3/t11?,12-/m0/s1. The van der Waals surface area contributed by atoms with E-state index in [2.05, 4.69) is 40.7 Å². The van der Waals surface area contributed by atoms with Crippen molar-refractivity contribution in [3.05, 3.63) is 47.1 Å². The first-order chi connectivity index (χ1) is 9.29. The van der Waals surface area contributed by atoms with Crippen molar-refractivity contribution in [1.29, 1.82) is 0 Å². The molecule has 5 heteroatoms. The summed E-state index contributed by atoms with van der Waals surface area (Å²) in [6, 6.07) is 8.25. The number of rotatable bonds is 5. The zero-order valence-corrected chi connectivity index (χ0v) is 11.7. The van der Waals surface area contributed by atoms with Gasteiger partial charge in [-0.25, -0.2) is 0 Å². The molecule has 2 N–H and O–H groups in total. The van der Waals surface area contributed by atoms with Gasteiger partial charge in [0.1, 0.15) is 0 Å². The summed E-state index contributed by atoms with van der Waals surface area (Å²) >= 11 is 1.77. The molecule has 0 aliphatic heterocycles. The maximum atomic E-state index is 6.04. The third-order valence-corrected chi connectivity index (χ3v) is 4.22. The van der Waals surface area contributed by atoms with Gasteiger partial charge in [-0.15, -0.1) is 0 Å². The van der Waals surface area contributed by atoms with Gasteiger partial charge in [-0.05, 0) is 36.0 Å². The lowest BCUT2D eigenvalue weighted by atomic mass is 9.77. The summed E-state index contributed by atoms with van der Waals surface area (Å²) in [6.07, 6.45) is 3.93. The van der Waals surface area contributed by atoms with E-state index in [0.29, 0.717) is 5.89 Å². The first-order valence-corrected chi connectivity index (χ1v) is 7.85. The molecule has 19 heavy (non-hydrogen) atoms. The smallest absolute Gasteiger partial charge is 0.243 e. The second-order valence-corrected chi connectivity index (χ2v) is 5.82. The molecule has 2 atom stereocenters. The normalized spacial score (nSPS) is 18.7. The van der Waals surface area contributed by atoms with Gasteiger partial charge in [0.25, 0.3) is 0 Å². The van der Waals surface area contributed by atoms with Gasteiger partial charge in [0, 0.05) is 0 Å². The lowest BCUT2D eigenvalue weighted by molar-refractivity contribution is 0.346. The number of hydrogen-bond donors (Lipinski definition) is 1. The minimum Gasteiger partial charge on any atom is -0.338 e. The summed E-state index contributed by atoms with van der Waals surface area (Å²) in [6.45, 7) is 0. The summed E-state index contributed by atoms with van der Waals surface area (Å²) in [5.74, 6) is 2.62. The summed E-state index contributed by atoms with van der Waals surface area (Å²) in [7, 11) is 0. The molecule has 100 valence electrons. The van der Waals surface area contributed by atoms with E-state index in [1.807, 2.05) is 0 Å². The van der Waals surface area contributed by atoms with Crippen molar-refractivity contribution in [3.63, 3.8) is 0 Å². The Labute approximate surface area is 116 Å². The molecule has 1 aromatic heterocycles. The minimum absolute atomic E-state index is 0.149. The lowest BCUT2D eigenvalue weighted by Crippen LogP contribution is -2.19. The zero-order valence-electron chi connectivity index (χ0n) is 10.9. The highest BCUT2D eigenvalue weighted by molar-refractivity contribution is 7.98. The van der Waals surface area contributed by atoms with Crippen LogP contribution in [0.1, 0.15) is 41.2 Å². The van der Waals surface area contributed by atoms with Crippen molar-refractivity contribution < 1.29 is 4.52 Å². The van der Waals surface area contributed by atoms with E-state index in [0.717, 1.165) is 24.4 Å². The molecule has 1 aliphatic rings. The Kier molecular flexibility index (Phi) is 3.57. The first-order valence-electron chi connectivity index (χ1n) is 6.45. The van der Waals surface area contributed by atoms with Crippen molar-refractivity contribution >= 4 is 11.8 Å². The average molecular weight is 275 g/mol. The number of benzene rings is 1. The third-order valence-electron chi connectivity index (χ3n) is 3.57. The van der Waals surface area contributed by atoms with Crippen LogP contribution in [0.2, 0.25) is 0 Å². The van der Waals surface area contributed by atoms with E-state index in [1.165, 1.54) is 11.1 Å². The van der Waals surface area contributed by atoms with E-state index in [4.69, 9.17) is 10.3 Å². The molecule has 3 rings (SSSR count). The molecular weight excluding hydrogens is 258 g/mol. The van der Waals surface area contributed by atoms with Crippen LogP contribution in [0.3, 0.4) is 0 Å². The van der Waals surface area contributed by atoms with Crippen molar-refractivity contribution in [2.45, 2.75) is 24.8 Å². The second-order valence-electron chi connectivity index (χ2n) is 4.83. The van der Waals surface area contributed by atoms with Crippen LogP contribution in [0.5, 0.6) is 0 Å². The van der Waals surface area contributed by atoms with Crippen LogP contribution in [-0.2, 0) is 6.42 Å². The number of fused-ring (bicyclic) bond motifs is 1. The van der Waals surface area contributed by atoms with Crippen LogP contribution in [-0.4, -0.2) is 22.1 Å². The van der Waals surface area contributed by atoms with E-state index in [9.17, 15) is 0 Å². The van der Waals surface area contributed by atoms with Gasteiger partial charge in [-0.1, -0.05) is 29.4 Å². The summed E-state index contributed by atoms with van der Waals surface area (Å²) in [4.78, 5) is 4.47. The third kappa shape index (κ3) is 2.40. The molecule has 0 saturated heterocycles. The highest BCUT2D eigenvalue weighted by Crippen LogP contribution is 2.38. The van der Waals surface area contributed by atoms with Gasteiger partial charge in [0.2, 0.25) is 5.89 Å². The van der Waals surface area contributed by atoms with Crippen LogP contribution in [0, 0.1) is 0 Å². The van der Waals surface area contributed by atoms with E-state index in [1.54, 1.807) is 11.8 Å². The van der Waals surface area contributed by atoms with Crippen LogP contribution >= 0.6 is 11.8 Å². The second kappa shape index (κ2) is 5.35. The van der Waals surface area contributed by atoms with Gasteiger partial charge in [-0.3, -0.25) is 0 Å². The van der Waals surface area contributed by atoms with Gasteiger partial charge >= 0.3 is 0 Å². The molecule has 0 radical (unpaired) electrons. The molecule has 0 amide bonds.